The van der Waals surface area contributed by atoms with Gasteiger partial charge in [0, 0.05) is 6.54 Å². The number of nitrogens with two attached hydrogens (primary N) is 1. The van der Waals surface area contributed by atoms with Crippen molar-refractivity contribution in [1.82, 2.24) is 4.98 Å². The van der Waals surface area contributed by atoms with Gasteiger partial charge in [-0.1, -0.05) is 6.42 Å². The smallest absolute Gasteiger partial charge is 0.239 e. The molecule has 1 aliphatic rings. The minimum Gasteiger partial charge on any atom is -0.470 e. The number of nitrogen functional groups attached to an aromatic ring is 1. The maximum atomic E-state index is 5.87. The number of nitrogens with zero attached hydrogens (tertiary/aromatic N) is 1. The van der Waals surface area contributed by atoms with Crippen LogP contribution in [0.4, 0.5) is 11.5 Å². The molecule has 0 bridgehead atoms. The van der Waals surface area contributed by atoms with Crippen molar-refractivity contribution >= 4 is 11.5 Å². The number of rotatable bonds is 4. The van der Waals surface area contributed by atoms with E-state index in [4.69, 9.17) is 10.5 Å². The molecule has 1 aromatic rings. The lowest BCUT2D eigenvalue weighted by molar-refractivity contribution is 0.125. The Labute approximate surface area is 109 Å². The number of anilines is 2. The summed E-state index contributed by atoms with van der Waals surface area (Å²) in [5.41, 5.74) is 6.17. The third-order valence-electron chi connectivity index (χ3n) is 3.09. The van der Waals surface area contributed by atoms with Crippen molar-refractivity contribution in [2.24, 2.45) is 5.92 Å². The number of ether oxygens (including phenoxy) is 1. The van der Waals surface area contributed by atoms with E-state index in [-0.39, 0.29) is 5.60 Å². The molecule has 0 unspecified atom stereocenters. The maximum absolute atomic E-state index is 5.87. The van der Waals surface area contributed by atoms with Gasteiger partial charge in [-0.15, -0.1) is 0 Å². The number of hydrogen-bond donors (Lipinski definition) is 2. The van der Waals surface area contributed by atoms with Crippen LogP contribution in [0.5, 0.6) is 5.88 Å². The van der Waals surface area contributed by atoms with Crippen LogP contribution in [0.3, 0.4) is 0 Å². The molecule has 1 aliphatic carbocycles. The van der Waals surface area contributed by atoms with Gasteiger partial charge < -0.3 is 15.8 Å². The van der Waals surface area contributed by atoms with Crippen LogP contribution in [-0.2, 0) is 0 Å². The molecule has 0 spiro atoms. The highest BCUT2D eigenvalue weighted by molar-refractivity contribution is 5.53. The minimum atomic E-state index is -0.284. The fourth-order valence-electron chi connectivity index (χ4n) is 1.87. The second-order valence-electron chi connectivity index (χ2n) is 5.98. The summed E-state index contributed by atoms with van der Waals surface area (Å²) in [6.07, 6.45) is 4.01. The highest BCUT2D eigenvalue weighted by atomic mass is 16.5. The molecule has 3 N–H and O–H groups in total. The molecule has 1 heterocycles. The summed E-state index contributed by atoms with van der Waals surface area (Å²) in [5, 5.41) is 3.35. The molecular weight excluding hydrogens is 226 g/mol. The average molecular weight is 249 g/mol. The molecule has 1 saturated carbocycles. The van der Waals surface area contributed by atoms with Crippen LogP contribution in [0.15, 0.2) is 12.1 Å². The summed E-state index contributed by atoms with van der Waals surface area (Å²) in [7, 11) is 0. The van der Waals surface area contributed by atoms with Crippen LogP contribution in [0.1, 0.15) is 40.0 Å². The lowest BCUT2D eigenvalue weighted by Crippen LogP contribution is -2.25. The van der Waals surface area contributed by atoms with E-state index in [9.17, 15) is 0 Å². The Balaban J connectivity index is 2.00. The van der Waals surface area contributed by atoms with Gasteiger partial charge in [0.1, 0.15) is 11.4 Å². The van der Waals surface area contributed by atoms with Crippen LogP contribution in [0.25, 0.3) is 0 Å². The Kier molecular flexibility index (Phi) is 3.64. The number of aromatic nitrogens is 1. The van der Waals surface area contributed by atoms with E-state index in [1.807, 2.05) is 32.9 Å². The number of nitrogens with one attached hydrogen (secondary N) is 1. The van der Waals surface area contributed by atoms with E-state index in [0.717, 1.165) is 18.3 Å². The van der Waals surface area contributed by atoms with Gasteiger partial charge in [-0.3, -0.25) is 0 Å². The van der Waals surface area contributed by atoms with Gasteiger partial charge in [-0.25, -0.2) is 0 Å². The van der Waals surface area contributed by atoms with Gasteiger partial charge in [-0.05, 0) is 51.7 Å². The Morgan fingerprint density at radius 2 is 2.11 bits per heavy atom. The quantitative estimate of drug-likeness (QED) is 0.861. The van der Waals surface area contributed by atoms with Crippen LogP contribution in [-0.4, -0.2) is 17.1 Å². The topological polar surface area (TPSA) is 60.2 Å². The highest BCUT2D eigenvalue weighted by Crippen LogP contribution is 2.28. The Hall–Kier alpha value is -1.45. The molecule has 0 saturated heterocycles. The fourth-order valence-corrected chi connectivity index (χ4v) is 1.87. The summed E-state index contributed by atoms with van der Waals surface area (Å²) >= 11 is 0. The second-order valence-corrected chi connectivity index (χ2v) is 5.98. The zero-order valence-corrected chi connectivity index (χ0v) is 11.5. The van der Waals surface area contributed by atoms with Crippen molar-refractivity contribution in [2.75, 3.05) is 17.6 Å². The molecule has 0 amide bonds. The van der Waals surface area contributed by atoms with Crippen LogP contribution < -0.4 is 15.8 Å². The van der Waals surface area contributed by atoms with E-state index < -0.39 is 0 Å². The predicted molar refractivity (Wildman–Crippen MR) is 74.9 cm³/mol. The average Bonchev–Trinajstić information content (AvgIpc) is 2.18. The molecule has 4 nitrogen and oxygen atoms in total. The van der Waals surface area contributed by atoms with Crippen molar-refractivity contribution in [3.63, 3.8) is 0 Å². The summed E-state index contributed by atoms with van der Waals surface area (Å²) < 4.78 is 5.74. The van der Waals surface area contributed by atoms with E-state index in [0.29, 0.717) is 11.6 Å². The van der Waals surface area contributed by atoms with E-state index in [2.05, 4.69) is 10.3 Å². The van der Waals surface area contributed by atoms with Crippen LogP contribution >= 0.6 is 0 Å². The van der Waals surface area contributed by atoms with Crippen LogP contribution in [0.2, 0.25) is 0 Å². The first kappa shape index (κ1) is 13.0. The normalized spacial score (nSPS) is 16.2. The lowest BCUT2D eigenvalue weighted by atomic mass is 9.85. The predicted octanol–water partition coefficient (Wildman–Crippen LogP) is 3.05. The fraction of sp³-hybridized carbons (Fsp3) is 0.643. The Morgan fingerprint density at radius 3 is 2.67 bits per heavy atom. The number of pyridine rings is 1. The molecule has 0 aliphatic heterocycles. The first-order chi connectivity index (χ1) is 8.44. The Morgan fingerprint density at radius 1 is 1.39 bits per heavy atom. The first-order valence-electron chi connectivity index (χ1n) is 6.63. The molecule has 100 valence electrons. The largest absolute Gasteiger partial charge is 0.470 e. The van der Waals surface area contributed by atoms with Gasteiger partial charge in [0.2, 0.25) is 5.88 Å². The molecule has 0 aromatic carbocycles. The van der Waals surface area contributed by atoms with Crippen molar-refractivity contribution in [3.05, 3.63) is 12.1 Å². The Bertz CT molecular complexity index is 408. The van der Waals surface area contributed by atoms with Gasteiger partial charge >= 0.3 is 0 Å². The summed E-state index contributed by atoms with van der Waals surface area (Å²) in [5.74, 6) is 2.16. The van der Waals surface area contributed by atoms with Crippen molar-refractivity contribution in [1.29, 1.82) is 0 Å². The second kappa shape index (κ2) is 5.04. The van der Waals surface area contributed by atoms with Crippen molar-refractivity contribution in [2.45, 2.75) is 45.6 Å². The minimum absolute atomic E-state index is 0.284. The molecule has 0 atom stereocenters. The number of hydrogen-bond acceptors (Lipinski definition) is 4. The SMILES string of the molecule is CC(C)(C)Oc1nc(NCC2CCC2)ccc1N. The van der Waals surface area contributed by atoms with Crippen molar-refractivity contribution < 1.29 is 4.74 Å². The third-order valence-corrected chi connectivity index (χ3v) is 3.09. The zero-order valence-electron chi connectivity index (χ0n) is 11.5. The maximum Gasteiger partial charge on any atom is 0.239 e. The molecule has 0 radical (unpaired) electrons. The molecule has 1 fully saturated rings. The molecule has 1 aromatic heterocycles. The summed E-state index contributed by atoms with van der Waals surface area (Å²) in [6.45, 7) is 6.96. The monoisotopic (exact) mass is 249 g/mol. The standard InChI is InChI=1S/C14H23N3O/c1-14(2,3)18-13-11(15)7-8-12(17-13)16-9-10-5-4-6-10/h7-8,10H,4-6,9,15H2,1-3H3,(H,16,17). The molecule has 2 rings (SSSR count). The zero-order chi connectivity index (χ0) is 13.2. The van der Waals surface area contributed by atoms with E-state index >= 15 is 0 Å². The van der Waals surface area contributed by atoms with Gasteiger partial charge in [0.15, 0.2) is 0 Å². The molecule has 4 heteroatoms. The van der Waals surface area contributed by atoms with Gasteiger partial charge in [0.05, 0.1) is 5.69 Å². The third kappa shape index (κ3) is 3.52. The molecular formula is C14H23N3O. The summed E-state index contributed by atoms with van der Waals surface area (Å²) in [4.78, 5) is 4.43. The van der Waals surface area contributed by atoms with Gasteiger partial charge in [0.25, 0.3) is 0 Å². The molecule has 18 heavy (non-hydrogen) atoms. The first-order valence-corrected chi connectivity index (χ1v) is 6.63. The van der Waals surface area contributed by atoms with Crippen LogP contribution in [0, 0.1) is 5.92 Å². The highest BCUT2D eigenvalue weighted by Gasteiger charge is 2.18. The van der Waals surface area contributed by atoms with E-state index in [1.54, 1.807) is 0 Å². The van der Waals surface area contributed by atoms with Crippen molar-refractivity contribution in [3.8, 4) is 5.88 Å². The van der Waals surface area contributed by atoms with Gasteiger partial charge in [-0.2, -0.15) is 4.98 Å². The summed E-state index contributed by atoms with van der Waals surface area (Å²) in [6, 6.07) is 3.75. The lowest BCUT2D eigenvalue weighted by Gasteiger charge is -2.26. The van der Waals surface area contributed by atoms with E-state index in [1.165, 1.54) is 19.3 Å².